The van der Waals surface area contributed by atoms with Gasteiger partial charge in [-0.05, 0) is 44.9 Å². The summed E-state index contributed by atoms with van der Waals surface area (Å²) in [6, 6.07) is 0. The van der Waals surface area contributed by atoms with Crippen molar-refractivity contribution in [3.63, 3.8) is 0 Å². The van der Waals surface area contributed by atoms with Crippen molar-refractivity contribution >= 4 is 17.9 Å². The smallest absolute Gasteiger partial charge is 0.361 e. The van der Waals surface area contributed by atoms with Crippen LogP contribution < -0.4 is 0 Å². The van der Waals surface area contributed by atoms with Crippen LogP contribution in [0.4, 0.5) is 0 Å². The van der Waals surface area contributed by atoms with E-state index < -0.39 is 24.3 Å². The monoisotopic (exact) mass is 725 g/mol. The summed E-state index contributed by atoms with van der Waals surface area (Å²) in [5.41, 5.74) is 0. The predicted molar refractivity (Wildman–Crippen MR) is 208 cm³/mol. The molecular weight excluding hydrogens is 646 g/mol. The van der Waals surface area contributed by atoms with Gasteiger partial charge in [0.1, 0.15) is 13.2 Å². The van der Waals surface area contributed by atoms with E-state index in [2.05, 4.69) is 38.2 Å². The van der Waals surface area contributed by atoms with E-state index >= 15 is 0 Å². The van der Waals surface area contributed by atoms with Gasteiger partial charge in [-0.25, -0.2) is 4.79 Å². The van der Waals surface area contributed by atoms with Crippen LogP contribution in [0.3, 0.4) is 0 Å². The first-order valence-electron chi connectivity index (χ1n) is 20.5. The molecule has 0 radical (unpaired) electrons. The van der Waals surface area contributed by atoms with Gasteiger partial charge in [-0.2, -0.15) is 0 Å². The average molecular weight is 725 g/mol. The molecule has 0 bridgehead atoms. The Balaban J connectivity index is 4.26. The minimum atomic E-state index is -1.50. The Morgan fingerprint density at radius 1 is 0.588 bits per heavy atom. The lowest BCUT2D eigenvalue weighted by molar-refractivity contribution is -0.870. The van der Waals surface area contributed by atoms with Gasteiger partial charge in [0.25, 0.3) is 6.29 Å². The van der Waals surface area contributed by atoms with Crippen LogP contribution in [0.2, 0.25) is 0 Å². The highest BCUT2D eigenvalue weighted by molar-refractivity contribution is 5.71. The van der Waals surface area contributed by atoms with Crippen molar-refractivity contribution in [2.24, 2.45) is 0 Å². The minimum absolute atomic E-state index is 0.183. The number of carboxylic acid groups (broad SMARTS) is 1. The van der Waals surface area contributed by atoms with Crippen LogP contribution in [0.1, 0.15) is 168 Å². The highest BCUT2D eigenvalue weighted by atomic mass is 16.7. The maximum atomic E-state index is 12.7. The van der Waals surface area contributed by atoms with Gasteiger partial charge in [-0.1, -0.05) is 134 Å². The number of likely N-dealkylation sites (N-methyl/N-ethyl adjacent to an activating group) is 1. The SMILES string of the molecule is CCCCCCC/C=C\C/C=C\CCCCCCCCCCCC(=O)OC(COC(=O)CCCCCCC)COC(OCC[N+](C)(C)C)C(=O)O. The molecule has 51 heavy (non-hydrogen) atoms. The number of hydrogen-bond donors (Lipinski definition) is 1. The van der Waals surface area contributed by atoms with Crippen molar-refractivity contribution in [1.29, 1.82) is 0 Å². The van der Waals surface area contributed by atoms with Crippen LogP contribution in [0.25, 0.3) is 0 Å². The van der Waals surface area contributed by atoms with Crippen molar-refractivity contribution < 1.29 is 42.9 Å². The van der Waals surface area contributed by atoms with Crippen LogP contribution >= 0.6 is 0 Å². The molecule has 0 aromatic rings. The van der Waals surface area contributed by atoms with Crippen LogP contribution in [0.15, 0.2) is 24.3 Å². The van der Waals surface area contributed by atoms with E-state index in [0.29, 0.717) is 17.4 Å². The molecule has 0 saturated heterocycles. The first-order valence-corrected chi connectivity index (χ1v) is 20.5. The van der Waals surface area contributed by atoms with E-state index in [4.69, 9.17) is 18.9 Å². The number of rotatable bonds is 37. The second kappa shape index (κ2) is 34.8. The molecular formula is C42H78NO8+. The maximum absolute atomic E-state index is 12.7. The molecule has 0 rings (SSSR count). The zero-order valence-corrected chi connectivity index (χ0v) is 33.5. The number of allylic oxidation sites excluding steroid dienone is 4. The molecule has 9 nitrogen and oxygen atoms in total. The van der Waals surface area contributed by atoms with Gasteiger partial charge >= 0.3 is 17.9 Å². The molecule has 298 valence electrons. The lowest BCUT2D eigenvalue weighted by Gasteiger charge is -2.25. The van der Waals surface area contributed by atoms with Gasteiger partial charge in [0.15, 0.2) is 6.10 Å². The number of hydrogen-bond acceptors (Lipinski definition) is 7. The predicted octanol–water partition coefficient (Wildman–Crippen LogP) is 10.1. The zero-order chi connectivity index (χ0) is 37.8. The van der Waals surface area contributed by atoms with Crippen LogP contribution in [0.5, 0.6) is 0 Å². The summed E-state index contributed by atoms with van der Waals surface area (Å²) in [6.45, 7) is 4.75. The summed E-state index contributed by atoms with van der Waals surface area (Å²) in [7, 11) is 5.94. The summed E-state index contributed by atoms with van der Waals surface area (Å²) in [5, 5.41) is 9.56. The van der Waals surface area contributed by atoms with Gasteiger partial charge in [-0.15, -0.1) is 0 Å². The molecule has 9 heteroatoms. The molecule has 0 aliphatic heterocycles. The third-order valence-electron chi connectivity index (χ3n) is 8.71. The van der Waals surface area contributed by atoms with Crippen molar-refractivity contribution in [1.82, 2.24) is 0 Å². The molecule has 0 aliphatic rings. The number of carbonyl (C=O) groups excluding carboxylic acids is 2. The highest BCUT2D eigenvalue weighted by Crippen LogP contribution is 2.13. The fraction of sp³-hybridized carbons (Fsp3) is 0.833. The Labute approximate surface area is 312 Å². The summed E-state index contributed by atoms with van der Waals surface area (Å²) in [6.07, 6.45) is 32.8. The Hall–Kier alpha value is -2.23. The number of nitrogens with zero attached hydrogens (tertiary/aromatic N) is 1. The molecule has 2 atom stereocenters. The van der Waals surface area contributed by atoms with Gasteiger partial charge < -0.3 is 28.5 Å². The largest absolute Gasteiger partial charge is 0.477 e. The molecule has 0 saturated carbocycles. The molecule has 0 fully saturated rings. The summed E-state index contributed by atoms with van der Waals surface area (Å²) in [5.74, 6) is -2.03. The molecule has 0 spiro atoms. The molecule has 0 aromatic carbocycles. The third-order valence-corrected chi connectivity index (χ3v) is 8.71. The van der Waals surface area contributed by atoms with Crippen LogP contribution in [-0.4, -0.2) is 87.4 Å². The quantitative estimate of drug-likeness (QED) is 0.0222. The normalized spacial score (nSPS) is 13.2. The Kier molecular flexibility index (Phi) is 33.3. The lowest BCUT2D eigenvalue weighted by atomic mass is 10.1. The van der Waals surface area contributed by atoms with E-state index in [-0.39, 0.29) is 32.2 Å². The number of unbranched alkanes of at least 4 members (excludes halogenated alkanes) is 18. The zero-order valence-electron chi connectivity index (χ0n) is 33.5. The maximum Gasteiger partial charge on any atom is 0.361 e. The Morgan fingerprint density at radius 2 is 1.06 bits per heavy atom. The number of ether oxygens (including phenoxy) is 4. The van der Waals surface area contributed by atoms with E-state index in [1.54, 1.807) is 0 Å². The van der Waals surface area contributed by atoms with Crippen molar-refractivity contribution in [2.75, 3.05) is 47.5 Å². The summed E-state index contributed by atoms with van der Waals surface area (Å²) < 4.78 is 22.5. The van der Waals surface area contributed by atoms with Gasteiger partial charge in [0.05, 0.1) is 34.4 Å². The first kappa shape index (κ1) is 48.8. The molecule has 0 amide bonds. The number of carboxylic acids is 1. The van der Waals surface area contributed by atoms with Gasteiger partial charge in [-0.3, -0.25) is 9.59 Å². The summed E-state index contributed by atoms with van der Waals surface area (Å²) in [4.78, 5) is 36.7. The fourth-order valence-electron chi connectivity index (χ4n) is 5.45. The number of esters is 2. The third kappa shape index (κ3) is 35.9. The van der Waals surface area contributed by atoms with Gasteiger partial charge in [0, 0.05) is 12.8 Å². The Bertz CT molecular complexity index is 898. The number of carbonyl (C=O) groups is 3. The molecule has 0 aromatic heterocycles. The fourth-order valence-corrected chi connectivity index (χ4v) is 5.45. The van der Waals surface area contributed by atoms with Crippen LogP contribution in [0, 0.1) is 0 Å². The first-order chi connectivity index (χ1) is 24.6. The Morgan fingerprint density at radius 3 is 1.55 bits per heavy atom. The highest BCUT2D eigenvalue weighted by Gasteiger charge is 2.25. The second-order valence-electron chi connectivity index (χ2n) is 14.9. The second-order valence-corrected chi connectivity index (χ2v) is 14.9. The topological polar surface area (TPSA) is 108 Å². The van der Waals surface area contributed by atoms with Crippen molar-refractivity contribution in [2.45, 2.75) is 180 Å². The molecule has 2 unspecified atom stereocenters. The van der Waals surface area contributed by atoms with E-state index in [1.807, 2.05) is 21.1 Å². The minimum Gasteiger partial charge on any atom is -0.477 e. The summed E-state index contributed by atoms with van der Waals surface area (Å²) >= 11 is 0. The van der Waals surface area contributed by atoms with E-state index in [9.17, 15) is 19.5 Å². The van der Waals surface area contributed by atoms with E-state index in [0.717, 1.165) is 64.2 Å². The van der Waals surface area contributed by atoms with Crippen molar-refractivity contribution in [3.8, 4) is 0 Å². The molecule has 0 heterocycles. The lowest BCUT2D eigenvalue weighted by Crippen LogP contribution is -2.40. The van der Waals surface area contributed by atoms with Crippen molar-refractivity contribution in [3.05, 3.63) is 24.3 Å². The van der Waals surface area contributed by atoms with Crippen LogP contribution in [-0.2, 0) is 33.3 Å². The number of aliphatic carboxylic acids is 1. The molecule has 1 N–H and O–H groups in total. The van der Waals surface area contributed by atoms with E-state index in [1.165, 1.54) is 77.0 Å². The van der Waals surface area contributed by atoms with Gasteiger partial charge in [0.2, 0.25) is 0 Å². The average Bonchev–Trinajstić information content (AvgIpc) is 3.08. The molecule has 0 aliphatic carbocycles. The number of quaternary nitrogens is 1. The standard InChI is InChI=1S/C42H77NO8/c1-6-8-10-12-13-14-15-16-17-18-19-20-21-22-23-24-25-26-27-29-31-33-40(45)51-38(36-49-39(44)32-30-28-11-9-7-2)37-50-42(41(46)47)48-35-34-43(3,4)5/h15-16,18-19,38,42H,6-14,17,20-37H2,1-5H3/p+1/b16-15-,19-18-.